The number of benzene rings is 1. The second-order valence-corrected chi connectivity index (χ2v) is 4.48. The van der Waals surface area contributed by atoms with Crippen molar-refractivity contribution in [2.45, 2.75) is 19.4 Å². The van der Waals surface area contributed by atoms with Crippen molar-refractivity contribution in [2.75, 3.05) is 20.3 Å². The van der Waals surface area contributed by atoms with Crippen LogP contribution < -0.4 is 5.32 Å². The van der Waals surface area contributed by atoms with Crippen molar-refractivity contribution in [2.24, 2.45) is 0 Å². The average Bonchev–Trinajstić information content (AvgIpc) is 2.70. The maximum atomic E-state index is 11.9. The Kier molecular flexibility index (Phi) is 4.16. The minimum Gasteiger partial charge on any atom is -0.383 e. The molecule has 5 nitrogen and oxygen atoms in total. The summed E-state index contributed by atoms with van der Waals surface area (Å²) in [5.41, 5.74) is 2.18. The molecule has 1 fully saturated rings. The number of nitrogens with zero attached hydrogens (tertiary/aromatic N) is 1. The van der Waals surface area contributed by atoms with E-state index in [1.807, 2.05) is 24.3 Å². The number of aryl methyl sites for hydroxylation is 1. The average molecular weight is 261 g/mol. The van der Waals surface area contributed by atoms with Gasteiger partial charge in [-0.25, -0.2) is 4.79 Å². The lowest BCUT2D eigenvalue weighted by Crippen LogP contribution is -2.33. The standard InChI is InChI=1S/C14H19N3O2/c1-3-10-6-4-5-7-11(10)12-13(15)16-14(18)17(12)8-9-19-2/h4-7,12H,3,8-9H2,1-2H3,(H2,15,16,18). The fourth-order valence-electron chi connectivity index (χ4n) is 2.40. The molecule has 0 saturated carbocycles. The summed E-state index contributed by atoms with van der Waals surface area (Å²) in [6, 6.07) is 7.41. The number of amidine groups is 1. The van der Waals surface area contributed by atoms with Gasteiger partial charge < -0.3 is 9.64 Å². The highest BCUT2D eigenvalue weighted by Crippen LogP contribution is 2.28. The second-order valence-electron chi connectivity index (χ2n) is 4.48. The number of methoxy groups -OCH3 is 1. The fraction of sp³-hybridized carbons (Fsp3) is 0.429. The molecule has 2 N–H and O–H groups in total. The van der Waals surface area contributed by atoms with E-state index in [0.717, 1.165) is 17.5 Å². The van der Waals surface area contributed by atoms with Crippen LogP contribution in [0.5, 0.6) is 0 Å². The molecular formula is C14H19N3O2. The molecule has 0 spiro atoms. The van der Waals surface area contributed by atoms with Gasteiger partial charge in [0, 0.05) is 13.7 Å². The minimum atomic E-state index is -0.321. The third-order valence-corrected chi connectivity index (χ3v) is 3.35. The van der Waals surface area contributed by atoms with E-state index in [9.17, 15) is 4.79 Å². The fourth-order valence-corrected chi connectivity index (χ4v) is 2.40. The highest BCUT2D eigenvalue weighted by atomic mass is 16.5. The SMILES string of the molecule is CCc1ccccc1C1C(=N)NC(=O)N1CCOC. The lowest BCUT2D eigenvalue weighted by molar-refractivity contribution is 0.150. The summed E-state index contributed by atoms with van der Waals surface area (Å²) in [5.74, 6) is 0.238. The molecule has 1 heterocycles. The first-order valence-electron chi connectivity index (χ1n) is 6.41. The van der Waals surface area contributed by atoms with Gasteiger partial charge in [0.25, 0.3) is 0 Å². The summed E-state index contributed by atoms with van der Waals surface area (Å²) in [4.78, 5) is 13.5. The van der Waals surface area contributed by atoms with Gasteiger partial charge in [0.05, 0.1) is 6.61 Å². The van der Waals surface area contributed by atoms with E-state index in [0.29, 0.717) is 13.2 Å². The van der Waals surface area contributed by atoms with Crippen LogP contribution in [0.3, 0.4) is 0 Å². The van der Waals surface area contributed by atoms with Crippen molar-refractivity contribution in [3.8, 4) is 0 Å². The normalized spacial score (nSPS) is 18.8. The van der Waals surface area contributed by atoms with Gasteiger partial charge in [-0.1, -0.05) is 31.2 Å². The van der Waals surface area contributed by atoms with Crippen LogP contribution in [0.25, 0.3) is 0 Å². The molecule has 1 aromatic carbocycles. The lowest BCUT2D eigenvalue weighted by atomic mass is 9.97. The molecule has 1 aliphatic rings. The Balaban J connectivity index is 2.33. The van der Waals surface area contributed by atoms with Crippen LogP contribution in [-0.2, 0) is 11.2 Å². The van der Waals surface area contributed by atoms with Gasteiger partial charge >= 0.3 is 6.03 Å². The minimum absolute atomic E-state index is 0.224. The first kappa shape index (κ1) is 13.5. The highest BCUT2D eigenvalue weighted by molar-refractivity contribution is 6.06. The maximum absolute atomic E-state index is 11.9. The van der Waals surface area contributed by atoms with Crippen LogP contribution in [0.1, 0.15) is 24.1 Å². The molecule has 0 radical (unpaired) electrons. The summed E-state index contributed by atoms with van der Waals surface area (Å²) in [7, 11) is 1.61. The summed E-state index contributed by atoms with van der Waals surface area (Å²) in [6.45, 7) is 3.02. The monoisotopic (exact) mass is 261 g/mol. The van der Waals surface area contributed by atoms with E-state index in [4.69, 9.17) is 10.1 Å². The molecular weight excluding hydrogens is 242 g/mol. The zero-order chi connectivity index (χ0) is 13.8. The number of amides is 2. The van der Waals surface area contributed by atoms with E-state index in [-0.39, 0.29) is 17.9 Å². The van der Waals surface area contributed by atoms with Crippen LogP contribution >= 0.6 is 0 Å². The van der Waals surface area contributed by atoms with E-state index in [1.165, 1.54) is 0 Å². The van der Waals surface area contributed by atoms with Crippen molar-refractivity contribution < 1.29 is 9.53 Å². The van der Waals surface area contributed by atoms with Gasteiger partial charge in [-0.05, 0) is 17.5 Å². The third-order valence-electron chi connectivity index (χ3n) is 3.35. The Morgan fingerprint density at radius 3 is 2.84 bits per heavy atom. The van der Waals surface area contributed by atoms with Gasteiger partial charge in [0.2, 0.25) is 0 Å². The first-order chi connectivity index (χ1) is 9.19. The smallest absolute Gasteiger partial charge is 0.323 e. The molecule has 1 saturated heterocycles. The van der Waals surface area contributed by atoms with Crippen molar-refractivity contribution >= 4 is 11.9 Å². The summed E-state index contributed by atoms with van der Waals surface area (Å²) in [6.07, 6.45) is 0.881. The number of nitrogens with one attached hydrogen (secondary N) is 2. The van der Waals surface area contributed by atoms with Crippen molar-refractivity contribution in [3.05, 3.63) is 35.4 Å². The predicted octanol–water partition coefficient (Wildman–Crippen LogP) is 1.94. The Hall–Kier alpha value is -1.88. The second kappa shape index (κ2) is 5.84. The molecule has 2 rings (SSSR count). The molecule has 0 aliphatic carbocycles. The quantitative estimate of drug-likeness (QED) is 0.850. The molecule has 1 atom stereocenters. The molecule has 0 aromatic heterocycles. The number of hydrogen-bond acceptors (Lipinski definition) is 3. The predicted molar refractivity (Wildman–Crippen MR) is 73.4 cm³/mol. The Morgan fingerprint density at radius 2 is 2.16 bits per heavy atom. The highest BCUT2D eigenvalue weighted by Gasteiger charge is 2.37. The van der Waals surface area contributed by atoms with Gasteiger partial charge in [-0.15, -0.1) is 0 Å². The summed E-state index contributed by atoms with van der Waals surface area (Å²) < 4.78 is 5.04. The maximum Gasteiger partial charge on any atom is 0.323 e. The number of hydrogen-bond donors (Lipinski definition) is 2. The summed E-state index contributed by atoms with van der Waals surface area (Å²) in [5, 5.41) is 10.6. The lowest BCUT2D eigenvalue weighted by Gasteiger charge is -2.24. The van der Waals surface area contributed by atoms with Crippen molar-refractivity contribution in [1.82, 2.24) is 10.2 Å². The van der Waals surface area contributed by atoms with Crippen LogP contribution in [-0.4, -0.2) is 37.0 Å². The molecule has 1 unspecified atom stereocenters. The van der Waals surface area contributed by atoms with Gasteiger partial charge in [-0.2, -0.15) is 0 Å². The molecule has 5 heteroatoms. The topological polar surface area (TPSA) is 65.4 Å². The third kappa shape index (κ3) is 2.61. The van der Waals surface area contributed by atoms with E-state index >= 15 is 0 Å². The van der Waals surface area contributed by atoms with Crippen molar-refractivity contribution in [1.29, 1.82) is 5.41 Å². The zero-order valence-electron chi connectivity index (χ0n) is 11.3. The molecule has 1 aromatic rings. The summed E-state index contributed by atoms with van der Waals surface area (Å²) >= 11 is 0. The number of ether oxygens (including phenoxy) is 1. The van der Waals surface area contributed by atoms with Gasteiger partial charge in [0.1, 0.15) is 11.9 Å². The first-order valence-corrected chi connectivity index (χ1v) is 6.41. The van der Waals surface area contributed by atoms with Gasteiger partial charge in [0.15, 0.2) is 0 Å². The van der Waals surface area contributed by atoms with Crippen LogP contribution in [0.4, 0.5) is 4.79 Å². The van der Waals surface area contributed by atoms with E-state index in [2.05, 4.69) is 12.2 Å². The molecule has 2 amide bonds. The van der Waals surface area contributed by atoms with Crippen molar-refractivity contribution in [3.63, 3.8) is 0 Å². The van der Waals surface area contributed by atoms with Crippen LogP contribution in [0, 0.1) is 5.41 Å². The Morgan fingerprint density at radius 1 is 1.42 bits per heavy atom. The number of carbonyl (C=O) groups is 1. The van der Waals surface area contributed by atoms with E-state index in [1.54, 1.807) is 12.0 Å². The van der Waals surface area contributed by atoms with Crippen LogP contribution in [0.15, 0.2) is 24.3 Å². The molecule has 102 valence electrons. The Bertz CT molecular complexity index is 487. The molecule has 0 bridgehead atoms. The van der Waals surface area contributed by atoms with Crippen LogP contribution in [0.2, 0.25) is 0 Å². The molecule has 1 aliphatic heterocycles. The molecule has 19 heavy (non-hydrogen) atoms. The largest absolute Gasteiger partial charge is 0.383 e. The van der Waals surface area contributed by atoms with Gasteiger partial charge in [-0.3, -0.25) is 10.7 Å². The number of urea groups is 1. The Labute approximate surface area is 113 Å². The van der Waals surface area contributed by atoms with E-state index < -0.39 is 0 Å². The zero-order valence-corrected chi connectivity index (χ0v) is 11.3. The number of carbonyl (C=O) groups excluding carboxylic acids is 1. The number of rotatable bonds is 5.